The first-order valence-electron chi connectivity index (χ1n) is 6.54. The molecule has 0 radical (unpaired) electrons. The molecule has 0 aliphatic rings. The molecule has 0 bridgehead atoms. The van der Waals surface area contributed by atoms with Crippen LogP contribution in [-0.2, 0) is 16.3 Å². The molecule has 2 aromatic carbocycles. The summed E-state index contributed by atoms with van der Waals surface area (Å²) in [7, 11) is 0. The van der Waals surface area contributed by atoms with E-state index in [1.165, 1.54) is 23.6 Å². The van der Waals surface area contributed by atoms with E-state index in [1.807, 2.05) is 36.0 Å². The molecule has 0 atom stereocenters. The van der Waals surface area contributed by atoms with Gasteiger partial charge in [-0.05, 0) is 30.2 Å². The Morgan fingerprint density at radius 2 is 1.45 bits per heavy atom. The Labute approximate surface area is 124 Å². The third-order valence-electron chi connectivity index (χ3n) is 2.84. The smallest absolute Gasteiger partial charge is 0.308 e. The molecule has 3 heteroatoms. The summed E-state index contributed by atoms with van der Waals surface area (Å²) in [5.41, 5.74) is 3.87. The number of aryl methyl sites for hydroxylation is 1. The van der Waals surface area contributed by atoms with Crippen LogP contribution >= 0.6 is 11.8 Å². The van der Waals surface area contributed by atoms with Crippen molar-refractivity contribution in [2.75, 3.05) is 0 Å². The number of esters is 1. The van der Waals surface area contributed by atoms with Crippen LogP contribution in [0.15, 0.2) is 48.5 Å². The van der Waals surface area contributed by atoms with Crippen LogP contribution in [0.1, 0.15) is 23.6 Å². The Balaban J connectivity index is 1.82. The van der Waals surface area contributed by atoms with Crippen molar-refractivity contribution in [1.82, 2.24) is 0 Å². The van der Waals surface area contributed by atoms with Gasteiger partial charge in [-0.2, -0.15) is 11.8 Å². The van der Waals surface area contributed by atoms with Gasteiger partial charge in [0.25, 0.3) is 0 Å². The van der Waals surface area contributed by atoms with Crippen molar-refractivity contribution in [2.45, 2.75) is 25.4 Å². The van der Waals surface area contributed by atoms with E-state index in [1.54, 1.807) is 0 Å². The van der Waals surface area contributed by atoms with Gasteiger partial charge < -0.3 is 4.74 Å². The lowest BCUT2D eigenvalue weighted by Crippen LogP contribution is -2.00. The summed E-state index contributed by atoms with van der Waals surface area (Å²) in [6.07, 6.45) is 0. The van der Waals surface area contributed by atoms with E-state index in [2.05, 4.69) is 31.2 Å². The fourth-order valence-electron chi connectivity index (χ4n) is 1.79. The summed E-state index contributed by atoms with van der Waals surface area (Å²) in [5.74, 6) is 2.27. The van der Waals surface area contributed by atoms with Crippen LogP contribution in [0.4, 0.5) is 0 Å². The van der Waals surface area contributed by atoms with E-state index in [0.717, 1.165) is 11.5 Å². The summed E-state index contributed by atoms with van der Waals surface area (Å²) < 4.78 is 5.01. The second kappa shape index (κ2) is 7.15. The van der Waals surface area contributed by atoms with Gasteiger partial charge in [-0.25, -0.2) is 0 Å². The van der Waals surface area contributed by atoms with E-state index in [9.17, 15) is 4.79 Å². The lowest BCUT2D eigenvalue weighted by atomic mass is 10.2. The van der Waals surface area contributed by atoms with Crippen LogP contribution in [0.2, 0.25) is 0 Å². The molecule has 2 nitrogen and oxygen atoms in total. The molecule has 0 amide bonds. The molecule has 20 heavy (non-hydrogen) atoms. The van der Waals surface area contributed by atoms with Crippen LogP contribution in [0, 0.1) is 6.92 Å². The maximum Gasteiger partial charge on any atom is 0.308 e. The minimum Gasteiger partial charge on any atom is -0.427 e. The van der Waals surface area contributed by atoms with Crippen molar-refractivity contribution in [1.29, 1.82) is 0 Å². The minimum absolute atomic E-state index is 0.286. The topological polar surface area (TPSA) is 26.3 Å². The third kappa shape index (κ3) is 4.74. The number of rotatable bonds is 5. The molecule has 0 aliphatic carbocycles. The monoisotopic (exact) mass is 286 g/mol. The van der Waals surface area contributed by atoms with Crippen molar-refractivity contribution in [3.8, 4) is 5.75 Å². The molecule has 0 aliphatic heterocycles. The molecular weight excluding hydrogens is 268 g/mol. The minimum atomic E-state index is -0.286. The largest absolute Gasteiger partial charge is 0.427 e. The standard InChI is InChI=1S/C17H18O2S/c1-13-3-5-15(6-4-13)11-20-12-16-7-9-17(10-8-16)19-14(2)18/h3-10H,11-12H2,1-2H3. The average Bonchev–Trinajstić information content (AvgIpc) is 2.42. The Bertz CT molecular complexity index is 559. The zero-order chi connectivity index (χ0) is 14.4. The first kappa shape index (κ1) is 14.7. The number of ether oxygens (including phenoxy) is 1. The number of hydrogen-bond acceptors (Lipinski definition) is 3. The summed E-state index contributed by atoms with van der Waals surface area (Å²) >= 11 is 1.88. The zero-order valence-corrected chi connectivity index (χ0v) is 12.6. The van der Waals surface area contributed by atoms with Crippen LogP contribution < -0.4 is 4.74 Å². The molecule has 104 valence electrons. The number of benzene rings is 2. The van der Waals surface area contributed by atoms with E-state index >= 15 is 0 Å². The summed E-state index contributed by atoms with van der Waals surface area (Å²) in [6, 6.07) is 16.3. The maximum atomic E-state index is 10.8. The molecule has 2 aromatic rings. The van der Waals surface area contributed by atoms with Crippen molar-refractivity contribution >= 4 is 17.7 Å². The second-order valence-electron chi connectivity index (χ2n) is 4.72. The predicted octanol–water partition coefficient (Wildman–Crippen LogP) is 4.35. The fourth-order valence-corrected chi connectivity index (χ4v) is 2.75. The van der Waals surface area contributed by atoms with Crippen molar-refractivity contribution < 1.29 is 9.53 Å². The molecule has 2 rings (SSSR count). The van der Waals surface area contributed by atoms with Crippen LogP contribution in [0.5, 0.6) is 5.75 Å². The predicted molar refractivity (Wildman–Crippen MR) is 83.9 cm³/mol. The van der Waals surface area contributed by atoms with E-state index in [-0.39, 0.29) is 5.97 Å². The molecule has 0 saturated heterocycles. The van der Waals surface area contributed by atoms with E-state index < -0.39 is 0 Å². The van der Waals surface area contributed by atoms with Gasteiger partial charge in [-0.15, -0.1) is 0 Å². The van der Waals surface area contributed by atoms with Crippen LogP contribution in [-0.4, -0.2) is 5.97 Å². The van der Waals surface area contributed by atoms with E-state index in [0.29, 0.717) is 5.75 Å². The third-order valence-corrected chi connectivity index (χ3v) is 3.92. The Morgan fingerprint density at radius 1 is 0.950 bits per heavy atom. The van der Waals surface area contributed by atoms with Crippen LogP contribution in [0.25, 0.3) is 0 Å². The van der Waals surface area contributed by atoms with Crippen molar-refractivity contribution in [3.05, 3.63) is 65.2 Å². The normalized spacial score (nSPS) is 10.3. The molecular formula is C17H18O2S. The zero-order valence-electron chi connectivity index (χ0n) is 11.8. The fraction of sp³-hybridized carbons (Fsp3) is 0.235. The Morgan fingerprint density at radius 3 is 1.95 bits per heavy atom. The molecule has 0 saturated carbocycles. The number of carbonyl (C=O) groups excluding carboxylic acids is 1. The first-order chi connectivity index (χ1) is 9.63. The molecule has 0 spiro atoms. The SMILES string of the molecule is CC(=O)Oc1ccc(CSCc2ccc(C)cc2)cc1. The van der Waals surface area contributed by atoms with Crippen molar-refractivity contribution in [3.63, 3.8) is 0 Å². The molecule has 0 fully saturated rings. The lowest BCUT2D eigenvalue weighted by Gasteiger charge is -2.05. The molecule has 0 heterocycles. The van der Waals surface area contributed by atoms with Gasteiger partial charge in [-0.3, -0.25) is 4.79 Å². The molecule has 0 N–H and O–H groups in total. The summed E-state index contributed by atoms with van der Waals surface area (Å²) in [4.78, 5) is 10.8. The number of thioether (sulfide) groups is 1. The highest BCUT2D eigenvalue weighted by atomic mass is 32.2. The van der Waals surface area contributed by atoms with Gasteiger partial charge in [0.1, 0.15) is 5.75 Å². The maximum absolute atomic E-state index is 10.8. The molecule has 0 aromatic heterocycles. The Hall–Kier alpha value is -1.74. The molecule has 0 unspecified atom stereocenters. The summed E-state index contributed by atoms with van der Waals surface area (Å²) in [6.45, 7) is 3.51. The second-order valence-corrected chi connectivity index (χ2v) is 5.70. The van der Waals surface area contributed by atoms with Crippen molar-refractivity contribution in [2.24, 2.45) is 0 Å². The van der Waals surface area contributed by atoms with Gasteiger partial charge in [0.05, 0.1) is 0 Å². The van der Waals surface area contributed by atoms with Gasteiger partial charge in [0.15, 0.2) is 0 Å². The van der Waals surface area contributed by atoms with Gasteiger partial charge in [0, 0.05) is 18.4 Å². The highest BCUT2D eigenvalue weighted by Gasteiger charge is 1.99. The number of hydrogen-bond donors (Lipinski definition) is 0. The van der Waals surface area contributed by atoms with Crippen LogP contribution in [0.3, 0.4) is 0 Å². The number of carbonyl (C=O) groups is 1. The van der Waals surface area contributed by atoms with Gasteiger partial charge in [-0.1, -0.05) is 42.0 Å². The van der Waals surface area contributed by atoms with Gasteiger partial charge in [0.2, 0.25) is 0 Å². The van der Waals surface area contributed by atoms with E-state index in [4.69, 9.17) is 4.74 Å². The summed E-state index contributed by atoms with van der Waals surface area (Å²) in [5, 5.41) is 0. The highest BCUT2D eigenvalue weighted by Crippen LogP contribution is 2.20. The van der Waals surface area contributed by atoms with Gasteiger partial charge >= 0.3 is 5.97 Å². The average molecular weight is 286 g/mol. The first-order valence-corrected chi connectivity index (χ1v) is 7.69. The quantitative estimate of drug-likeness (QED) is 0.603. The highest BCUT2D eigenvalue weighted by molar-refractivity contribution is 7.97. The lowest BCUT2D eigenvalue weighted by molar-refractivity contribution is -0.131. The Kier molecular flexibility index (Phi) is 5.24.